The van der Waals surface area contributed by atoms with Crippen molar-refractivity contribution >= 4 is 5.91 Å². The van der Waals surface area contributed by atoms with Gasteiger partial charge in [-0.1, -0.05) is 37.3 Å². The molecule has 0 N–H and O–H groups in total. The predicted molar refractivity (Wildman–Crippen MR) is 89.8 cm³/mol. The van der Waals surface area contributed by atoms with Crippen molar-refractivity contribution in [2.45, 2.75) is 26.2 Å². The van der Waals surface area contributed by atoms with Crippen LogP contribution in [0.15, 0.2) is 54.6 Å². The maximum atomic E-state index is 13.0. The molecule has 3 heteroatoms. The minimum absolute atomic E-state index is 0.00626. The van der Waals surface area contributed by atoms with Gasteiger partial charge in [0.15, 0.2) is 0 Å². The van der Waals surface area contributed by atoms with E-state index in [0.29, 0.717) is 5.56 Å². The summed E-state index contributed by atoms with van der Waals surface area (Å²) in [6, 6.07) is 16.3. The molecule has 1 heterocycles. The van der Waals surface area contributed by atoms with Crippen LogP contribution in [0.1, 0.15) is 35.7 Å². The van der Waals surface area contributed by atoms with Crippen LogP contribution in [-0.4, -0.2) is 23.9 Å². The summed E-state index contributed by atoms with van der Waals surface area (Å²) < 4.78 is 13.0. The molecule has 0 spiro atoms. The number of benzene rings is 2. The first-order valence-electron chi connectivity index (χ1n) is 8.15. The van der Waals surface area contributed by atoms with Crippen molar-refractivity contribution in [3.05, 3.63) is 71.5 Å². The number of rotatable bonds is 3. The molecule has 1 saturated heterocycles. The third-order valence-electron chi connectivity index (χ3n) is 4.82. The Morgan fingerprint density at radius 1 is 1.04 bits per heavy atom. The van der Waals surface area contributed by atoms with E-state index in [1.54, 1.807) is 12.1 Å². The van der Waals surface area contributed by atoms with E-state index in [1.165, 1.54) is 17.7 Å². The van der Waals surface area contributed by atoms with E-state index in [0.717, 1.165) is 32.4 Å². The molecule has 2 nitrogen and oxygen atoms in total. The summed E-state index contributed by atoms with van der Waals surface area (Å²) in [6.07, 6.45) is 3.04. The second kappa shape index (κ2) is 6.53. The molecule has 0 radical (unpaired) electrons. The Balaban J connectivity index is 1.61. The van der Waals surface area contributed by atoms with E-state index in [4.69, 9.17) is 0 Å². The summed E-state index contributed by atoms with van der Waals surface area (Å²) in [6.45, 7) is 3.83. The van der Waals surface area contributed by atoms with Crippen molar-refractivity contribution in [2.75, 3.05) is 13.1 Å². The number of carbonyl (C=O) groups is 1. The Hall–Kier alpha value is -2.16. The van der Waals surface area contributed by atoms with Crippen molar-refractivity contribution in [1.82, 2.24) is 4.90 Å². The van der Waals surface area contributed by atoms with Gasteiger partial charge in [0.25, 0.3) is 5.91 Å². The number of carbonyl (C=O) groups excluding carboxylic acids is 1. The zero-order valence-corrected chi connectivity index (χ0v) is 13.5. The quantitative estimate of drug-likeness (QED) is 0.827. The van der Waals surface area contributed by atoms with Crippen molar-refractivity contribution in [3.8, 4) is 0 Å². The molecule has 2 aromatic carbocycles. The second-order valence-electron chi connectivity index (χ2n) is 6.77. The number of nitrogens with zero attached hydrogens (tertiary/aromatic N) is 1. The van der Waals surface area contributed by atoms with Gasteiger partial charge in [0.1, 0.15) is 5.82 Å². The molecule has 0 aliphatic carbocycles. The zero-order valence-electron chi connectivity index (χ0n) is 13.5. The SMILES string of the molecule is CC1(Cc2ccccc2)CCN(C(=O)c2ccc(F)cc2)CC1. The largest absolute Gasteiger partial charge is 0.339 e. The van der Waals surface area contributed by atoms with Gasteiger partial charge < -0.3 is 4.90 Å². The minimum atomic E-state index is -0.310. The van der Waals surface area contributed by atoms with Gasteiger partial charge in [-0.3, -0.25) is 4.79 Å². The number of halogens is 1. The van der Waals surface area contributed by atoms with Gasteiger partial charge in [0, 0.05) is 18.7 Å². The molecule has 1 aliphatic heterocycles. The molecule has 1 fully saturated rings. The average Bonchev–Trinajstić information content (AvgIpc) is 2.56. The zero-order chi connectivity index (χ0) is 16.3. The maximum absolute atomic E-state index is 13.0. The van der Waals surface area contributed by atoms with E-state index >= 15 is 0 Å². The minimum Gasteiger partial charge on any atom is -0.339 e. The van der Waals surface area contributed by atoms with Crippen LogP contribution in [0.25, 0.3) is 0 Å². The molecule has 0 bridgehead atoms. The third-order valence-corrected chi connectivity index (χ3v) is 4.82. The standard InChI is InChI=1S/C20H22FNO/c1-20(15-16-5-3-2-4-6-16)11-13-22(14-12-20)19(23)17-7-9-18(21)10-8-17/h2-10H,11-15H2,1H3. The number of likely N-dealkylation sites (tertiary alicyclic amines) is 1. The number of piperidine rings is 1. The van der Waals surface area contributed by atoms with Crippen LogP contribution < -0.4 is 0 Å². The summed E-state index contributed by atoms with van der Waals surface area (Å²) in [5.74, 6) is -0.303. The molecule has 1 amide bonds. The van der Waals surface area contributed by atoms with Crippen LogP contribution >= 0.6 is 0 Å². The first kappa shape index (κ1) is 15.7. The molecule has 0 aromatic heterocycles. The molecular weight excluding hydrogens is 289 g/mol. The van der Waals surface area contributed by atoms with E-state index in [-0.39, 0.29) is 17.1 Å². The Morgan fingerprint density at radius 2 is 1.65 bits per heavy atom. The Bertz CT molecular complexity index is 658. The van der Waals surface area contributed by atoms with Crippen molar-refractivity contribution in [3.63, 3.8) is 0 Å². The topological polar surface area (TPSA) is 20.3 Å². The van der Waals surface area contributed by atoms with Gasteiger partial charge in [-0.2, -0.15) is 0 Å². The fourth-order valence-corrected chi connectivity index (χ4v) is 3.29. The van der Waals surface area contributed by atoms with Crippen LogP contribution in [0.5, 0.6) is 0 Å². The first-order valence-corrected chi connectivity index (χ1v) is 8.15. The van der Waals surface area contributed by atoms with E-state index in [9.17, 15) is 9.18 Å². The number of hydrogen-bond acceptors (Lipinski definition) is 1. The van der Waals surface area contributed by atoms with Crippen LogP contribution in [0.4, 0.5) is 4.39 Å². The fraction of sp³-hybridized carbons (Fsp3) is 0.350. The normalized spacial score (nSPS) is 17.0. The molecule has 0 unspecified atom stereocenters. The van der Waals surface area contributed by atoms with Gasteiger partial charge in [-0.05, 0) is 54.5 Å². The van der Waals surface area contributed by atoms with Gasteiger partial charge in [-0.25, -0.2) is 4.39 Å². The summed E-state index contributed by atoms with van der Waals surface area (Å²) in [5, 5.41) is 0. The Kier molecular flexibility index (Phi) is 4.46. The number of hydrogen-bond donors (Lipinski definition) is 0. The lowest BCUT2D eigenvalue weighted by molar-refractivity contribution is 0.0606. The first-order chi connectivity index (χ1) is 11.1. The van der Waals surface area contributed by atoms with Crippen molar-refractivity contribution in [1.29, 1.82) is 0 Å². The fourth-order valence-electron chi connectivity index (χ4n) is 3.29. The highest BCUT2D eigenvalue weighted by Crippen LogP contribution is 2.34. The summed E-state index contributed by atoms with van der Waals surface area (Å²) in [4.78, 5) is 14.4. The monoisotopic (exact) mass is 311 g/mol. The van der Waals surface area contributed by atoms with Crippen LogP contribution in [0, 0.1) is 11.2 Å². The Labute approximate surface area is 136 Å². The molecular formula is C20H22FNO. The molecule has 0 saturated carbocycles. The Morgan fingerprint density at radius 3 is 2.26 bits per heavy atom. The highest BCUT2D eigenvalue weighted by Gasteiger charge is 2.32. The number of amides is 1. The molecule has 2 aromatic rings. The van der Waals surface area contributed by atoms with Gasteiger partial charge in [0.2, 0.25) is 0 Å². The van der Waals surface area contributed by atoms with E-state index < -0.39 is 0 Å². The second-order valence-corrected chi connectivity index (χ2v) is 6.77. The molecule has 3 rings (SSSR count). The van der Waals surface area contributed by atoms with Gasteiger partial charge in [-0.15, -0.1) is 0 Å². The van der Waals surface area contributed by atoms with E-state index in [1.807, 2.05) is 11.0 Å². The highest BCUT2D eigenvalue weighted by molar-refractivity contribution is 5.94. The van der Waals surface area contributed by atoms with Crippen LogP contribution in [-0.2, 0) is 6.42 Å². The van der Waals surface area contributed by atoms with Crippen LogP contribution in [0.3, 0.4) is 0 Å². The van der Waals surface area contributed by atoms with Gasteiger partial charge in [0.05, 0.1) is 0 Å². The smallest absolute Gasteiger partial charge is 0.253 e. The summed E-state index contributed by atoms with van der Waals surface area (Å²) in [5.41, 5.74) is 2.16. The molecule has 1 aliphatic rings. The summed E-state index contributed by atoms with van der Waals surface area (Å²) in [7, 11) is 0. The van der Waals surface area contributed by atoms with E-state index in [2.05, 4.69) is 31.2 Å². The molecule has 23 heavy (non-hydrogen) atoms. The lowest BCUT2D eigenvalue weighted by Crippen LogP contribution is -2.42. The molecule has 0 atom stereocenters. The highest BCUT2D eigenvalue weighted by atomic mass is 19.1. The lowest BCUT2D eigenvalue weighted by Gasteiger charge is -2.39. The lowest BCUT2D eigenvalue weighted by atomic mass is 9.75. The maximum Gasteiger partial charge on any atom is 0.253 e. The van der Waals surface area contributed by atoms with Crippen LogP contribution in [0.2, 0.25) is 0 Å². The molecule has 120 valence electrons. The van der Waals surface area contributed by atoms with Crippen molar-refractivity contribution < 1.29 is 9.18 Å². The summed E-state index contributed by atoms with van der Waals surface area (Å²) >= 11 is 0. The van der Waals surface area contributed by atoms with Crippen molar-refractivity contribution in [2.24, 2.45) is 5.41 Å². The van der Waals surface area contributed by atoms with Gasteiger partial charge >= 0.3 is 0 Å². The average molecular weight is 311 g/mol. The predicted octanol–water partition coefficient (Wildman–Crippen LogP) is 4.31. The third kappa shape index (κ3) is 3.79.